The summed E-state index contributed by atoms with van der Waals surface area (Å²) in [6, 6.07) is 0. The molecule has 0 saturated heterocycles. The van der Waals surface area contributed by atoms with Crippen LogP contribution in [0.15, 0.2) is 12.2 Å². The van der Waals surface area contributed by atoms with Crippen molar-refractivity contribution in [1.82, 2.24) is 0 Å². The van der Waals surface area contributed by atoms with Crippen molar-refractivity contribution in [2.75, 3.05) is 0 Å². The van der Waals surface area contributed by atoms with E-state index in [0.29, 0.717) is 0 Å². The number of allylic oxidation sites excluding steroid dienone is 2. The van der Waals surface area contributed by atoms with Crippen molar-refractivity contribution in [3.8, 4) is 0 Å². The molecule has 0 nitrogen and oxygen atoms in total. The van der Waals surface area contributed by atoms with Gasteiger partial charge in [-0.1, -0.05) is 83.3 Å². The van der Waals surface area contributed by atoms with Crippen LogP contribution in [0, 0.1) is 6.92 Å². The van der Waals surface area contributed by atoms with Gasteiger partial charge in [-0.15, -0.1) is 0 Å². The van der Waals surface area contributed by atoms with E-state index in [1.165, 1.54) is 70.6 Å². The molecule has 0 saturated carbocycles. The highest BCUT2D eigenvalue weighted by molar-refractivity contribution is 4.76. The zero-order valence-electron chi connectivity index (χ0n) is 11.3. The second-order valence-electron chi connectivity index (χ2n) is 4.75. The molecule has 0 aliphatic rings. The van der Waals surface area contributed by atoms with Crippen LogP contribution in [-0.2, 0) is 0 Å². The summed E-state index contributed by atoms with van der Waals surface area (Å²) in [6.45, 7) is 5.98. The predicted octanol–water partition coefficient (Wildman–Crippen LogP) is 6.08. The molecule has 0 fully saturated rings. The lowest BCUT2D eigenvalue weighted by molar-refractivity contribution is 0.553. The lowest BCUT2D eigenvalue weighted by atomic mass is 10.1. The molecule has 0 aliphatic carbocycles. The Bertz CT molecular complexity index is 135. The van der Waals surface area contributed by atoms with E-state index in [4.69, 9.17) is 0 Å². The van der Waals surface area contributed by atoms with Crippen molar-refractivity contribution in [2.24, 2.45) is 0 Å². The van der Waals surface area contributed by atoms with Crippen LogP contribution >= 0.6 is 0 Å². The summed E-state index contributed by atoms with van der Waals surface area (Å²) in [7, 11) is 0. The molecule has 0 aromatic heterocycles. The van der Waals surface area contributed by atoms with Crippen molar-refractivity contribution in [3.05, 3.63) is 19.1 Å². The van der Waals surface area contributed by atoms with Crippen LogP contribution in [0.4, 0.5) is 0 Å². The van der Waals surface area contributed by atoms with E-state index in [9.17, 15) is 0 Å². The van der Waals surface area contributed by atoms with E-state index in [-0.39, 0.29) is 0 Å². The largest absolute Gasteiger partial charge is 0.0917 e. The van der Waals surface area contributed by atoms with Crippen LogP contribution in [-0.4, -0.2) is 0 Å². The highest BCUT2D eigenvalue weighted by Crippen LogP contribution is 2.11. The van der Waals surface area contributed by atoms with Crippen LogP contribution in [0.3, 0.4) is 0 Å². The van der Waals surface area contributed by atoms with Gasteiger partial charge >= 0.3 is 0 Å². The molecule has 16 heavy (non-hydrogen) atoms. The fourth-order valence-electron chi connectivity index (χ4n) is 2.02. The highest BCUT2D eigenvalue weighted by atomic mass is 14.0. The average Bonchev–Trinajstić information content (AvgIpc) is 2.31. The summed E-state index contributed by atoms with van der Waals surface area (Å²) in [5.74, 6) is 0. The average molecular weight is 223 g/mol. The zero-order chi connectivity index (χ0) is 11.9. The van der Waals surface area contributed by atoms with Crippen molar-refractivity contribution in [3.63, 3.8) is 0 Å². The second-order valence-corrected chi connectivity index (χ2v) is 4.75. The summed E-state index contributed by atoms with van der Waals surface area (Å²) in [4.78, 5) is 0. The Hall–Kier alpha value is -0.260. The van der Waals surface area contributed by atoms with Gasteiger partial charge in [0.2, 0.25) is 0 Å². The molecule has 95 valence electrons. The topological polar surface area (TPSA) is 0 Å². The van der Waals surface area contributed by atoms with Crippen molar-refractivity contribution >= 4 is 0 Å². The van der Waals surface area contributed by atoms with Crippen molar-refractivity contribution in [2.45, 2.75) is 84.0 Å². The standard InChI is InChI=1S/C16H31/c1-3-5-7-9-11-13-15-16-14-12-10-8-6-4-2/h4,6H,1,3,5,7-16H2,2H3. The predicted molar refractivity (Wildman–Crippen MR) is 75.6 cm³/mol. The molecule has 0 aromatic carbocycles. The SMILES string of the molecule is [CH2]CCCCCCCCCCCCC=CC. The van der Waals surface area contributed by atoms with Crippen molar-refractivity contribution < 1.29 is 0 Å². The molecule has 0 amide bonds. The molecule has 0 aliphatic heterocycles. The van der Waals surface area contributed by atoms with Gasteiger partial charge in [0.25, 0.3) is 0 Å². The fraction of sp³-hybridized carbons (Fsp3) is 0.812. The van der Waals surface area contributed by atoms with Gasteiger partial charge in [-0.2, -0.15) is 0 Å². The lowest BCUT2D eigenvalue weighted by Crippen LogP contribution is -1.81. The Kier molecular flexibility index (Phi) is 14.5. The first-order valence-corrected chi connectivity index (χ1v) is 7.32. The number of hydrogen-bond donors (Lipinski definition) is 0. The molecule has 0 N–H and O–H groups in total. The third kappa shape index (κ3) is 13.7. The minimum atomic E-state index is 1.12. The van der Waals surface area contributed by atoms with Gasteiger partial charge in [0.05, 0.1) is 0 Å². The van der Waals surface area contributed by atoms with E-state index in [1.807, 2.05) is 0 Å². The Morgan fingerprint density at radius 1 is 0.688 bits per heavy atom. The molecule has 0 unspecified atom stereocenters. The maximum Gasteiger partial charge on any atom is -0.0351 e. The smallest absolute Gasteiger partial charge is 0.0351 e. The zero-order valence-corrected chi connectivity index (χ0v) is 11.3. The van der Waals surface area contributed by atoms with Crippen LogP contribution in [0.1, 0.15) is 84.0 Å². The molecule has 0 heterocycles. The van der Waals surface area contributed by atoms with E-state index in [1.54, 1.807) is 0 Å². The minimum absolute atomic E-state index is 1.12. The lowest BCUT2D eigenvalue weighted by Gasteiger charge is -2.01. The Labute approximate surface area is 104 Å². The van der Waals surface area contributed by atoms with Crippen LogP contribution in [0.2, 0.25) is 0 Å². The highest BCUT2D eigenvalue weighted by Gasteiger charge is 1.92. The maximum absolute atomic E-state index is 3.87. The van der Waals surface area contributed by atoms with Gasteiger partial charge in [0.15, 0.2) is 0 Å². The summed E-state index contributed by atoms with van der Waals surface area (Å²) in [6.07, 6.45) is 21.0. The van der Waals surface area contributed by atoms with Gasteiger partial charge in [-0.25, -0.2) is 0 Å². The Morgan fingerprint density at radius 2 is 1.12 bits per heavy atom. The number of unbranched alkanes of at least 4 members (excludes halogenated alkanes) is 11. The van der Waals surface area contributed by atoms with Gasteiger partial charge in [-0.05, 0) is 19.8 Å². The van der Waals surface area contributed by atoms with Crippen LogP contribution in [0.5, 0.6) is 0 Å². The van der Waals surface area contributed by atoms with Gasteiger partial charge in [0.1, 0.15) is 0 Å². The quantitative estimate of drug-likeness (QED) is 0.278. The van der Waals surface area contributed by atoms with E-state index in [2.05, 4.69) is 26.0 Å². The van der Waals surface area contributed by atoms with Crippen LogP contribution in [0.25, 0.3) is 0 Å². The number of hydrogen-bond acceptors (Lipinski definition) is 0. The summed E-state index contributed by atoms with van der Waals surface area (Å²) in [5.41, 5.74) is 0. The van der Waals surface area contributed by atoms with Crippen LogP contribution < -0.4 is 0 Å². The summed E-state index contributed by atoms with van der Waals surface area (Å²) in [5, 5.41) is 0. The molecule has 0 spiro atoms. The van der Waals surface area contributed by atoms with Gasteiger partial charge in [0, 0.05) is 0 Å². The molecule has 1 radical (unpaired) electrons. The molecule has 0 bridgehead atoms. The second kappa shape index (κ2) is 14.7. The van der Waals surface area contributed by atoms with Gasteiger partial charge < -0.3 is 0 Å². The van der Waals surface area contributed by atoms with E-state index in [0.717, 1.165) is 6.42 Å². The first kappa shape index (κ1) is 15.7. The molecular weight excluding hydrogens is 192 g/mol. The third-order valence-corrected chi connectivity index (χ3v) is 3.11. The first-order valence-electron chi connectivity index (χ1n) is 7.32. The third-order valence-electron chi connectivity index (χ3n) is 3.11. The molecule has 0 aromatic rings. The minimum Gasteiger partial charge on any atom is -0.0917 e. The van der Waals surface area contributed by atoms with E-state index < -0.39 is 0 Å². The van der Waals surface area contributed by atoms with E-state index >= 15 is 0 Å². The molecule has 0 rings (SSSR count). The number of rotatable bonds is 12. The Morgan fingerprint density at radius 3 is 1.56 bits per heavy atom. The van der Waals surface area contributed by atoms with Crippen molar-refractivity contribution in [1.29, 1.82) is 0 Å². The Balaban J connectivity index is 2.88. The molecule has 0 atom stereocenters. The maximum atomic E-state index is 3.87. The van der Waals surface area contributed by atoms with Gasteiger partial charge in [-0.3, -0.25) is 0 Å². The monoisotopic (exact) mass is 223 g/mol. The molecule has 0 heteroatoms. The fourth-order valence-corrected chi connectivity index (χ4v) is 2.02. The molecular formula is C16H31. The first-order chi connectivity index (χ1) is 7.91. The summed E-state index contributed by atoms with van der Waals surface area (Å²) >= 11 is 0. The summed E-state index contributed by atoms with van der Waals surface area (Å²) < 4.78 is 0. The normalized spacial score (nSPS) is 11.4.